The molecule has 7 atom stereocenters. The Morgan fingerprint density at radius 1 is 1.20 bits per heavy atom. The van der Waals surface area contributed by atoms with Crippen LogP contribution in [0.5, 0.6) is 0 Å². The number of hydrogen-bond donors (Lipinski definition) is 5. The average molecular weight is 497 g/mol. The molecule has 5 N–H and O–H groups in total. The van der Waals surface area contributed by atoms with Gasteiger partial charge < -0.3 is 30.5 Å². The maximum Gasteiger partial charge on any atom is 0.305 e. The van der Waals surface area contributed by atoms with Crippen molar-refractivity contribution in [3.05, 3.63) is 23.8 Å². The molecule has 0 aromatic heterocycles. The van der Waals surface area contributed by atoms with Gasteiger partial charge in [-0.2, -0.15) is 0 Å². The van der Waals surface area contributed by atoms with Crippen LogP contribution in [0.4, 0.5) is 4.39 Å². The number of aliphatic hydroxyl groups excluding tert-OH is 2. The maximum atomic E-state index is 16.5. The number of halogens is 1. The molecule has 0 bridgehead atoms. The van der Waals surface area contributed by atoms with Crippen LogP contribution in [0.15, 0.2) is 34.1 Å². The molecule has 3 aliphatic rings. The van der Waals surface area contributed by atoms with Crippen LogP contribution >= 0.6 is 0 Å². The van der Waals surface area contributed by atoms with E-state index in [-0.39, 0.29) is 31.4 Å². The predicted molar refractivity (Wildman–Crippen MR) is 126 cm³/mol. The SMILES string of the molecule is CC/C=C\C(/C=C1/CC[C@H]2[C@@H]3C[C@@H](O)[C@](O)(/C(COC(=O)CC)=N/O)[C@@]3(C)C[C@H](O)[C@]2(F)C1)=NO. The third kappa shape index (κ3) is 4.51. The fourth-order valence-electron chi connectivity index (χ4n) is 6.54. The molecule has 0 saturated heterocycles. The summed E-state index contributed by atoms with van der Waals surface area (Å²) in [5.74, 6) is -1.76. The minimum atomic E-state index is -2.11. The molecule has 3 rings (SSSR count). The Morgan fingerprint density at radius 3 is 2.51 bits per heavy atom. The molecule has 0 heterocycles. The summed E-state index contributed by atoms with van der Waals surface area (Å²) in [6.45, 7) is 4.66. The first-order chi connectivity index (χ1) is 16.5. The van der Waals surface area contributed by atoms with Gasteiger partial charge in [0.05, 0.1) is 12.2 Å². The van der Waals surface area contributed by atoms with Gasteiger partial charge in [-0.3, -0.25) is 4.79 Å². The van der Waals surface area contributed by atoms with Gasteiger partial charge in [-0.1, -0.05) is 42.7 Å². The highest BCUT2D eigenvalue weighted by molar-refractivity contribution is 6.04. The molecule has 3 fully saturated rings. The molecule has 3 aliphatic carbocycles. The summed E-state index contributed by atoms with van der Waals surface area (Å²) in [6, 6.07) is 0. The quantitative estimate of drug-likeness (QED) is 0.157. The van der Waals surface area contributed by atoms with Gasteiger partial charge in [0, 0.05) is 18.3 Å². The molecule has 9 nitrogen and oxygen atoms in total. The number of alkyl halides is 1. The fourth-order valence-corrected chi connectivity index (χ4v) is 6.54. The second-order valence-corrected chi connectivity index (χ2v) is 10.2. The summed E-state index contributed by atoms with van der Waals surface area (Å²) in [5.41, 5.74) is -4.65. The normalized spacial score (nSPS) is 41.2. The van der Waals surface area contributed by atoms with Crippen molar-refractivity contribution in [3.63, 3.8) is 0 Å². The molecule has 196 valence electrons. The van der Waals surface area contributed by atoms with E-state index in [4.69, 9.17) is 4.74 Å². The van der Waals surface area contributed by atoms with Crippen LogP contribution in [0.25, 0.3) is 0 Å². The highest BCUT2D eigenvalue weighted by atomic mass is 19.1. The lowest BCUT2D eigenvalue weighted by atomic mass is 9.51. The zero-order chi connectivity index (χ0) is 26.0. The zero-order valence-electron chi connectivity index (χ0n) is 20.5. The summed E-state index contributed by atoms with van der Waals surface area (Å²) in [5, 5.41) is 59.1. The van der Waals surface area contributed by atoms with E-state index < -0.39 is 53.3 Å². The van der Waals surface area contributed by atoms with Crippen molar-refractivity contribution in [2.45, 2.75) is 89.2 Å². The third-order valence-electron chi connectivity index (χ3n) is 8.41. The van der Waals surface area contributed by atoms with E-state index in [9.17, 15) is 30.5 Å². The fraction of sp³-hybridized carbons (Fsp3) is 0.720. The zero-order valence-corrected chi connectivity index (χ0v) is 20.5. The summed E-state index contributed by atoms with van der Waals surface area (Å²) < 4.78 is 21.6. The number of ether oxygens (including phenoxy) is 1. The Morgan fingerprint density at radius 2 is 1.91 bits per heavy atom. The van der Waals surface area contributed by atoms with E-state index in [0.717, 1.165) is 6.42 Å². The Balaban J connectivity index is 1.92. The molecular weight excluding hydrogens is 459 g/mol. The molecule has 0 radical (unpaired) electrons. The van der Waals surface area contributed by atoms with Gasteiger partial charge >= 0.3 is 5.97 Å². The van der Waals surface area contributed by atoms with Gasteiger partial charge in [-0.05, 0) is 56.1 Å². The maximum absolute atomic E-state index is 16.5. The summed E-state index contributed by atoms with van der Waals surface area (Å²) >= 11 is 0. The van der Waals surface area contributed by atoms with Crippen LogP contribution in [0, 0.1) is 17.3 Å². The average Bonchev–Trinajstić information content (AvgIpc) is 3.03. The lowest BCUT2D eigenvalue weighted by Gasteiger charge is -2.57. The molecule has 0 aliphatic heterocycles. The minimum Gasteiger partial charge on any atom is -0.459 e. The molecule has 35 heavy (non-hydrogen) atoms. The Kier molecular flexibility index (Phi) is 8.08. The Labute approximate surface area is 204 Å². The number of carbonyl (C=O) groups is 1. The summed E-state index contributed by atoms with van der Waals surface area (Å²) in [7, 11) is 0. The third-order valence-corrected chi connectivity index (χ3v) is 8.41. The first-order valence-corrected chi connectivity index (χ1v) is 12.2. The van der Waals surface area contributed by atoms with Crippen molar-refractivity contribution >= 4 is 17.4 Å². The lowest BCUT2D eigenvalue weighted by Crippen LogP contribution is -2.65. The highest BCUT2D eigenvalue weighted by Crippen LogP contribution is 2.65. The number of allylic oxidation sites excluding steroid dienone is 4. The van der Waals surface area contributed by atoms with E-state index in [0.29, 0.717) is 24.1 Å². The van der Waals surface area contributed by atoms with Gasteiger partial charge in [0.25, 0.3) is 0 Å². The van der Waals surface area contributed by atoms with Crippen LogP contribution in [-0.2, 0) is 9.53 Å². The standard InChI is InChI=1S/C25H37FN2O7/c1-4-6-7-16(27-33)10-15-8-9-17-18-11-20(29)25(32,19(28-34)14-35-22(31)5-2)23(18,3)13-21(30)24(17,26)12-15/h6-7,10,17-18,20-21,29-30,32-34H,4-5,8-9,11-14H2,1-3H3/b7-6-,15-10-,27-16?,28-19+/t17-,18-,20+,21-,23-,24-,25+/m0/s1. The number of esters is 1. The number of fused-ring (bicyclic) bond motifs is 3. The van der Waals surface area contributed by atoms with E-state index in [1.54, 1.807) is 26.0 Å². The van der Waals surface area contributed by atoms with Crippen molar-refractivity contribution in [2.75, 3.05) is 6.61 Å². The number of aliphatic hydroxyl groups is 3. The Hall–Kier alpha value is -2.30. The minimum absolute atomic E-state index is 0.0401. The second-order valence-electron chi connectivity index (χ2n) is 10.2. The topological polar surface area (TPSA) is 152 Å². The van der Waals surface area contributed by atoms with E-state index >= 15 is 4.39 Å². The smallest absolute Gasteiger partial charge is 0.305 e. The van der Waals surface area contributed by atoms with Crippen molar-refractivity contribution in [1.29, 1.82) is 0 Å². The van der Waals surface area contributed by atoms with Gasteiger partial charge in [-0.15, -0.1) is 0 Å². The number of rotatable bonds is 7. The predicted octanol–water partition coefficient (Wildman–Crippen LogP) is 2.88. The highest BCUT2D eigenvalue weighted by Gasteiger charge is 2.72. The molecule has 0 unspecified atom stereocenters. The van der Waals surface area contributed by atoms with Crippen LogP contribution in [0.1, 0.15) is 65.7 Å². The first-order valence-electron chi connectivity index (χ1n) is 12.2. The van der Waals surface area contributed by atoms with E-state index in [2.05, 4.69) is 10.3 Å². The Bertz CT molecular complexity index is 935. The monoisotopic (exact) mass is 496 g/mol. The number of carbonyl (C=O) groups excluding carboxylic acids is 1. The molecule has 10 heteroatoms. The molecule has 3 saturated carbocycles. The van der Waals surface area contributed by atoms with Crippen molar-refractivity contribution < 1.29 is 39.7 Å². The molecule has 0 aromatic carbocycles. The molecule has 0 aromatic rings. The van der Waals surface area contributed by atoms with Gasteiger partial charge in [0.15, 0.2) is 0 Å². The van der Waals surface area contributed by atoms with Crippen LogP contribution < -0.4 is 0 Å². The first kappa shape index (κ1) is 27.3. The summed E-state index contributed by atoms with van der Waals surface area (Å²) in [6.07, 6.45) is 3.70. The van der Waals surface area contributed by atoms with Crippen molar-refractivity contribution in [1.82, 2.24) is 0 Å². The second kappa shape index (κ2) is 10.4. The largest absolute Gasteiger partial charge is 0.459 e. The van der Waals surface area contributed by atoms with Gasteiger partial charge in [0.1, 0.15) is 29.3 Å². The lowest BCUT2D eigenvalue weighted by molar-refractivity contribution is -0.182. The van der Waals surface area contributed by atoms with E-state index in [1.807, 2.05) is 13.0 Å². The van der Waals surface area contributed by atoms with Gasteiger partial charge in [-0.25, -0.2) is 4.39 Å². The molecule has 0 spiro atoms. The van der Waals surface area contributed by atoms with Crippen molar-refractivity contribution in [2.24, 2.45) is 27.6 Å². The van der Waals surface area contributed by atoms with E-state index in [1.165, 1.54) is 0 Å². The molecular formula is C25H37FN2O7. The van der Waals surface area contributed by atoms with Crippen LogP contribution in [-0.4, -0.2) is 73.2 Å². The summed E-state index contributed by atoms with van der Waals surface area (Å²) in [4.78, 5) is 11.6. The number of hydrogen-bond acceptors (Lipinski definition) is 9. The van der Waals surface area contributed by atoms with Crippen LogP contribution in [0.3, 0.4) is 0 Å². The van der Waals surface area contributed by atoms with Gasteiger partial charge in [0.2, 0.25) is 0 Å². The van der Waals surface area contributed by atoms with Crippen molar-refractivity contribution in [3.8, 4) is 0 Å². The number of nitrogens with zero attached hydrogens (tertiary/aromatic N) is 2. The van der Waals surface area contributed by atoms with Crippen LogP contribution in [0.2, 0.25) is 0 Å². The number of oxime groups is 2. The molecule has 0 amide bonds.